The summed E-state index contributed by atoms with van der Waals surface area (Å²) < 4.78 is 0. The Morgan fingerprint density at radius 1 is 1.05 bits per heavy atom. The summed E-state index contributed by atoms with van der Waals surface area (Å²) >= 11 is 7.36. The van der Waals surface area contributed by atoms with E-state index in [-0.39, 0.29) is 0 Å². The second kappa shape index (κ2) is 7.04. The van der Waals surface area contributed by atoms with Crippen LogP contribution in [0.15, 0.2) is 48.5 Å². The lowest BCUT2D eigenvalue weighted by molar-refractivity contribution is 0.112. The van der Waals surface area contributed by atoms with Crippen LogP contribution in [0.25, 0.3) is 0 Å². The zero-order valence-electron chi connectivity index (χ0n) is 10.1. The number of benzene rings is 2. The fourth-order valence-electron chi connectivity index (χ4n) is 1.44. The van der Waals surface area contributed by atoms with Crippen molar-refractivity contribution in [2.24, 2.45) is 0 Å². The molecule has 0 unspecified atom stereocenters. The fraction of sp³-hybridized carbons (Fsp3) is 0.0625. The monoisotopic (exact) mass is 286 g/mol. The molecule has 1 nitrogen and oxygen atoms in total. The molecule has 0 aliphatic heterocycles. The molecule has 0 aliphatic rings. The first-order chi connectivity index (χ1) is 9.28. The van der Waals surface area contributed by atoms with E-state index in [1.54, 1.807) is 23.9 Å². The van der Waals surface area contributed by atoms with E-state index in [9.17, 15) is 4.79 Å². The molecular weight excluding hydrogens is 276 g/mol. The van der Waals surface area contributed by atoms with Crippen molar-refractivity contribution in [2.75, 3.05) is 0 Å². The van der Waals surface area contributed by atoms with Crippen molar-refractivity contribution in [3.63, 3.8) is 0 Å². The molecule has 2 rings (SSSR count). The van der Waals surface area contributed by atoms with Gasteiger partial charge in [0.25, 0.3) is 0 Å². The van der Waals surface area contributed by atoms with Crippen molar-refractivity contribution < 1.29 is 4.79 Å². The van der Waals surface area contributed by atoms with Gasteiger partial charge in [0, 0.05) is 21.9 Å². The van der Waals surface area contributed by atoms with Crippen molar-refractivity contribution in [2.45, 2.75) is 5.75 Å². The summed E-state index contributed by atoms with van der Waals surface area (Å²) in [6.45, 7) is 0. The van der Waals surface area contributed by atoms with Gasteiger partial charge in [0.1, 0.15) is 6.29 Å². The van der Waals surface area contributed by atoms with E-state index in [1.165, 1.54) is 5.56 Å². The molecule has 0 N–H and O–H groups in total. The summed E-state index contributed by atoms with van der Waals surface area (Å²) in [7, 11) is 0. The number of thioether (sulfide) groups is 1. The van der Waals surface area contributed by atoms with Gasteiger partial charge >= 0.3 is 0 Å². The average molecular weight is 287 g/mol. The highest BCUT2D eigenvalue weighted by molar-refractivity contribution is 8.03. The quantitative estimate of drug-likeness (QED) is 0.615. The molecule has 0 spiro atoms. The third-order valence-corrected chi connectivity index (χ3v) is 3.44. The summed E-state index contributed by atoms with van der Waals surface area (Å²) in [5, 5.41) is 3.79. The Bertz CT molecular complexity index is 606. The van der Waals surface area contributed by atoms with E-state index >= 15 is 0 Å². The zero-order chi connectivity index (χ0) is 13.5. The van der Waals surface area contributed by atoms with Gasteiger partial charge < -0.3 is 0 Å². The molecule has 0 bridgehead atoms. The van der Waals surface area contributed by atoms with E-state index in [0.29, 0.717) is 5.56 Å². The molecule has 0 atom stereocenters. The average Bonchev–Trinajstić information content (AvgIpc) is 2.46. The van der Waals surface area contributed by atoms with E-state index in [0.717, 1.165) is 22.6 Å². The van der Waals surface area contributed by atoms with Gasteiger partial charge in [-0.3, -0.25) is 4.79 Å². The third-order valence-electron chi connectivity index (χ3n) is 2.47. The summed E-state index contributed by atoms with van der Waals surface area (Å²) in [6.07, 6.45) is 0.826. The van der Waals surface area contributed by atoms with Gasteiger partial charge in [-0.2, -0.15) is 0 Å². The predicted octanol–water partition coefficient (Wildman–Crippen LogP) is 4.39. The Morgan fingerprint density at radius 2 is 1.74 bits per heavy atom. The molecule has 0 aromatic heterocycles. The second-order valence-corrected chi connectivity index (χ2v) is 5.10. The standard InChI is InChI=1S/C16H11ClOS/c17-16-7-5-15(6-8-16)12-19-10-9-13-1-3-14(11-18)4-2-13/h1-8,11H,12H2. The van der Waals surface area contributed by atoms with Gasteiger partial charge in [-0.1, -0.05) is 53.5 Å². The maximum absolute atomic E-state index is 10.5. The molecule has 0 radical (unpaired) electrons. The SMILES string of the molecule is O=Cc1ccc(C#CSCc2ccc(Cl)cc2)cc1. The van der Waals surface area contributed by atoms with Crippen LogP contribution in [0, 0.1) is 11.2 Å². The van der Waals surface area contributed by atoms with Crippen LogP contribution >= 0.6 is 23.4 Å². The molecule has 0 saturated heterocycles. The summed E-state index contributed by atoms with van der Waals surface area (Å²) in [5.41, 5.74) is 2.77. The maximum Gasteiger partial charge on any atom is 0.150 e. The maximum atomic E-state index is 10.5. The van der Waals surface area contributed by atoms with Crippen molar-refractivity contribution >= 4 is 29.6 Å². The molecule has 0 saturated carbocycles. The molecule has 0 amide bonds. The minimum absolute atomic E-state index is 0.666. The molecule has 3 heteroatoms. The number of hydrogen-bond acceptors (Lipinski definition) is 2. The lowest BCUT2D eigenvalue weighted by atomic mass is 10.2. The number of halogens is 1. The summed E-state index contributed by atoms with van der Waals surface area (Å²) in [4.78, 5) is 10.5. The lowest BCUT2D eigenvalue weighted by Gasteiger charge is -1.96. The highest BCUT2D eigenvalue weighted by atomic mass is 35.5. The van der Waals surface area contributed by atoms with Crippen LogP contribution in [-0.4, -0.2) is 6.29 Å². The van der Waals surface area contributed by atoms with Crippen LogP contribution in [0.5, 0.6) is 0 Å². The van der Waals surface area contributed by atoms with Crippen molar-refractivity contribution in [3.05, 3.63) is 70.2 Å². The molecule has 2 aromatic carbocycles. The van der Waals surface area contributed by atoms with Crippen LogP contribution < -0.4 is 0 Å². The normalized spacial score (nSPS) is 9.53. The first-order valence-electron chi connectivity index (χ1n) is 5.70. The second-order valence-electron chi connectivity index (χ2n) is 3.88. The minimum atomic E-state index is 0.666. The van der Waals surface area contributed by atoms with Crippen molar-refractivity contribution in [1.82, 2.24) is 0 Å². The smallest absolute Gasteiger partial charge is 0.150 e. The van der Waals surface area contributed by atoms with Gasteiger partial charge in [-0.05, 0) is 35.1 Å². The molecule has 0 fully saturated rings. The fourth-order valence-corrected chi connectivity index (χ4v) is 2.19. The number of aldehydes is 1. The molecule has 0 aliphatic carbocycles. The van der Waals surface area contributed by atoms with Crippen LogP contribution in [0.1, 0.15) is 21.5 Å². The van der Waals surface area contributed by atoms with E-state index < -0.39 is 0 Å². The lowest BCUT2D eigenvalue weighted by Crippen LogP contribution is -1.79. The highest BCUT2D eigenvalue weighted by Gasteiger charge is 1.92. The summed E-state index contributed by atoms with van der Waals surface area (Å²) in [6, 6.07) is 15.0. The van der Waals surface area contributed by atoms with Gasteiger partial charge in [-0.15, -0.1) is 0 Å². The topological polar surface area (TPSA) is 17.1 Å². The Labute approximate surface area is 122 Å². The highest BCUT2D eigenvalue weighted by Crippen LogP contribution is 2.14. The Kier molecular flexibility index (Phi) is 5.09. The van der Waals surface area contributed by atoms with Gasteiger partial charge in [-0.25, -0.2) is 0 Å². The summed E-state index contributed by atoms with van der Waals surface area (Å²) in [5.74, 6) is 3.88. The van der Waals surface area contributed by atoms with Crippen LogP contribution in [0.4, 0.5) is 0 Å². The molecule has 94 valence electrons. The number of carbonyl (C=O) groups is 1. The Hall–Kier alpha value is -1.69. The first-order valence-corrected chi connectivity index (χ1v) is 7.07. The van der Waals surface area contributed by atoms with Crippen molar-refractivity contribution in [1.29, 1.82) is 0 Å². The number of hydrogen-bond donors (Lipinski definition) is 0. The number of rotatable bonds is 3. The van der Waals surface area contributed by atoms with E-state index in [4.69, 9.17) is 11.6 Å². The predicted molar refractivity (Wildman–Crippen MR) is 81.5 cm³/mol. The van der Waals surface area contributed by atoms with Gasteiger partial charge in [0.15, 0.2) is 0 Å². The van der Waals surface area contributed by atoms with Gasteiger partial charge in [0.2, 0.25) is 0 Å². The Morgan fingerprint density at radius 3 is 2.37 bits per heavy atom. The molecule has 19 heavy (non-hydrogen) atoms. The van der Waals surface area contributed by atoms with Crippen LogP contribution in [0.2, 0.25) is 5.02 Å². The van der Waals surface area contributed by atoms with Crippen LogP contribution in [0.3, 0.4) is 0 Å². The molecule has 2 aromatic rings. The van der Waals surface area contributed by atoms with Crippen molar-refractivity contribution in [3.8, 4) is 11.2 Å². The Balaban J connectivity index is 1.90. The zero-order valence-corrected chi connectivity index (χ0v) is 11.7. The molecule has 0 heterocycles. The minimum Gasteiger partial charge on any atom is -0.298 e. The van der Waals surface area contributed by atoms with E-state index in [2.05, 4.69) is 11.2 Å². The number of carbonyl (C=O) groups excluding carboxylic acids is 1. The third kappa shape index (κ3) is 4.48. The first kappa shape index (κ1) is 13.7. The van der Waals surface area contributed by atoms with Gasteiger partial charge in [0.05, 0.1) is 0 Å². The largest absolute Gasteiger partial charge is 0.298 e. The van der Waals surface area contributed by atoms with E-state index in [1.807, 2.05) is 36.4 Å². The van der Waals surface area contributed by atoms with Crippen LogP contribution in [-0.2, 0) is 5.75 Å². The molecular formula is C16H11ClOS.